The van der Waals surface area contributed by atoms with E-state index in [1.807, 2.05) is 6.92 Å². The van der Waals surface area contributed by atoms with Gasteiger partial charge in [0.15, 0.2) is 0 Å². The standard InChI is InChI=1S/C14H20N2O4S/c1-8(12-15-9(2)11(21-12)14(19)20)7-16-5-3-10(4-6-16)13(17)18/h8,10H,3-7H2,1-2H3,(H,17,18)(H,19,20). The van der Waals surface area contributed by atoms with E-state index in [2.05, 4.69) is 9.88 Å². The van der Waals surface area contributed by atoms with Gasteiger partial charge in [0, 0.05) is 12.5 Å². The molecule has 116 valence electrons. The van der Waals surface area contributed by atoms with Crippen LogP contribution in [0.15, 0.2) is 0 Å². The maximum atomic E-state index is 11.1. The van der Waals surface area contributed by atoms with Crippen LogP contribution in [0.25, 0.3) is 0 Å². The highest BCUT2D eigenvalue weighted by atomic mass is 32.1. The molecule has 1 unspecified atom stereocenters. The molecule has 1 aromatic heterocycles. The van der Waals surface area contributed by atoms with Crippen LogP contribution in [0.1, 0.15) is 46.1 Å². The number of thiazole rings is 1. The Hall–Kier alpha value is -1.47. The SMILES string of the molecule is Cc1nc(C(C)CN2CCC(C(=O)O)CC2)sc1C(=O)O. The Morgan fingerprint density at radius 1 is 1.38 bits per heavy atom. The third-order valence-corrected chi connectivity index (χ3v) is 5.27. The predicted molar refractivity (Wildman–Crippen MR) is 79.0 cm³/mol. The Kier molecular flexibility index (Phi) is 4.95. The first-order chi connectivity index (χ1) is 9.88. The number of aliphatic carboxylic acids is 1. The van der Waals surface area contributed by atoms with E-state index in [0.29, 0.717) is 23.4 Å². The van der Waals surface area contributed by atoms with Crippen molar-refractivity contribution in [1.29, 1.82) is 0 Å². The smallest absolute Gasteiger partial charge is 0.347 e. The Labute approximate surface area is 127 Å². The number of nitrogens with zero attached hydrogens (tertiary/aromatic N) is 2. The van der Waals surface area contributed by atoms with Crippen molar-refractivity contribution in [2.75, 3.05) is 19.6 Å². The molecule has 0 saturated carbocycles. The zero-order chi connectivity index (χ0) is 15.6. The zero-order valence-electron chi connectivity index (χ0n) is 12.2. The highest BCUT2D eigenvalue weighted by molar-refractivity contribution is 7.13. The first-order valence-electron chi connectivity index (χ1n) is 7.04. The molecule has 1 aliphatic rings. The molecule has 1 fully saturated rings. The molecule has 1 aliphatic heterocycles. The summed E-state index contributed by atoms with van der Waals surface area (Å²) in [4.78, 5) is 28.9. The number of carboxylic acids is 2. The van der Waals surface area contributed by atoms with Crippen LogP contribution in [0.3, 0.4) is 0 Å². The lowest BCUT2D eigenvalue weighted by molar-refractivity contribution is -0.143. The van der Waals surface area contributed by atoms with E-state index in [9.17, 15) is 9.59 Å². The largest absolute Gasteiger partial charge is 0.481 e. The maximum absolute atomic E-state index is 11.1. The maximum Gasteiger partial charge on any atom is 0.347 e. The Morgan fingerprint density at radius 2 is 2.00 bits per heavy atom. The average molecular weight is 312 g/mol. The van der Waals surface area contributed by atoms with Crippen LogP contribution in [-0.4, -0.2) is 51.7 Å². The molecular formula is C14H20N2O4S. The quantitative estimate of drug-likeness (QED) is 0.864. The minimum Gasteiger partial charge on any atom is -0.481 e. The Bertz CT molecular complexity index is 535. The van der Waals surface area contributed by atoms with Crippen LogP contribution in [-0.2, 0) is 4.79 Å². The highest BCUT2D eigenvalue weighted by Gasteiger charge is 2.26. The highest BCUT2D eigenvalue weighted by Crippen LogP contribution is 2.27. The van der Waals surface area contributed by atoms with Crippen molar-refractivity contribution < 1.29 is 19.8 Å². The summed E-state index contributed by atoms with van der Waals surface area (Å²) in [6.07, 6.45) is 1.36. The normalized spacial score (nSPS) is 18.6. The zero-order valence-corrected chi connectivity index (χ0v) is 13.0. The van der Waals surface area contributed by atoms with Gasteiger partial charge in [-0.05, 0) is 32.9 Å². The molecule has 7 heteroatoms. The van der Waals surface area contributed by atoms with Crippen molar-refractivity contribution in [2.45, 2.75) is 32.6 Å². The van der Waals surface area contributed by atoms with E-state index < -0.39 is 11.9 Å². The summed E-state index contributed by atoms with van der Waals surface area (Å²) in [6.45, 7) is 6.09. The molecule has 1 saturated heterocycles. The molecule has 0 amide bonds. The van der Waals surface area contributed by atoms with Gasteiger partial charge in [-0.25, -0.2) is 9.78 Å². The summed E-state index contributed by atoms with van der Waals surface area (Å²) in [5.74, 6) is -1.70. The third-order valence-electron chi connectivity index (χ3n) is 3.90. The molecule has 1 aromatic rings. The van der Waals surface area contributed by atoms with Crippen molar-refractivity contribution in [3.8, 4) is 0 Å². The molecule has 0 aliphatic carbocycles. The van der Waals surface area contributed by atoms with Crippen molar-refractivity contribution in [3.05, 3.63) is 15.6 Å². The molecule has 0 spiro atoms. The van der Waals surface area contributed by atoms with Gasteiger partial charge >= 0.3 is 11.9 Å². The number of aryl methyl sites for hydroxylation is 1. The van der Waals surface area contributed by atoms with Crippen LogP contribution >= 0.6 is 11.3 Å². The minimum atomic E-state index is -0.925. The minimum absolute atomic E-state index is 0.156. The fourth-order valence-electron chi connectivity index (χ4n) is 2.65. The predicted octanol–water partition coefficient (Wildman–Crippen LogP) is 2.05. The monoisotopic (exact) mass is 312 g/mol. The third kappa shape index (κ3) is 3.79. The lowest BCUT2D eigenvalue weighted by atomic mass is 9.96. The van der Waals surface area contributed by atoms with Crippen LogP contribution in [0, 0.1) is 12.8 Å². The Morgan fingerprint density at radius 3 is 2.48 bits per heavy atom. The van der Waals surface area contributed by atoms with Crippen molar-refractivity contribution >= 4 is 23.3 Å². The first-order valence-corrected chi connectivity index (χ1v) is 7.86. The number of aromatic nitrogens is 1. The molecular weight excluding hydrogens is 292 g/mol. The number of aromatic carboxylic acids is 1. The van der Waals surface area contributed by atoms with Gasteiger partial charge in [0.25, 0.3) is 0 Å². The molecule has 0 bridgehead atoms. The van der Waals surface area contributed by atoms with E-state index in [4.69, 9.17) is 10.2 Å². The number of carbonyl (C=O) groups is 2. The van der Waals surface area contributed by atoms with Crippen molar-refractivity contribution in [3.63, 3.8) is 0 Å². The topological polar surface area (TPSA) is 90.7 Å². The van der Waals surface area contributed by atoms with E-state index in [1.54, 1.807) is 6.92 Å². The van der Waals surface area contributed by atoms with Gasteiger partial charge in [0.05, 0.1) is 16.6 Å². The van der Waals surface area contributed by atoms with Gasteiger partial charge in [-0.2, -0.15) is 0 Å². The van der Waals surface area contributed by atoms with Crippen LogP contribution in [0.2, 0.25) is 0 Å². The van der Waals surface area contributed by atoms with Gasteiger partial charge in [-0.1, -0.05) is 6.92 Å². The van der Waals surface area contributed by atoms with E-state index in [0.717, 1.165) is 24.6 Å². The first kappa shape index (κ1) is 15.9. The number of rotatable bonds is 5. The van der Waals surface area contributed by atoms with Crippen molar-refractivity contribution in [1.82, 2.24) is 9.88 Å². The van der Waals surface area contributed by atoms with E-state index >= 15 is 0 Å². The summed E-state index contributed by atoms with van der Waals surface area (Å²) < 4.78 is 0. The van der Waals surface area contributed by atoms with Crippen LogP contribution < -0.4 is 0 Å². The molecule has 0 aromatic carbocycles. The van der Waals surface area contributed by atoms with Gasteiger partial charge in [-0.3, -0.25) is 4.79 Å². The van der Waals surface area contributed by atoms with Crippen LogP contribution in [0.5, 0.6) is 0 Å². The molecule has 2 N–H and O–H groups in total. The lowest BCUT2D eigenvalue weighted by Gasteiger charge is -2.31. The number of hydrogen-bond donors (Lipinski definition) is 2. The fraction of sp³-hybridized carbons (Fsp3) is 0.643. The van der Waals surface area contributed by atoms with Gasteiger partial charge < -0.3 is 15.1 Å². The van der Waals surface area contributed by atoms with E-state index in [1.165, 1.54) is 11.3 Å². The molecule has 1 atom stereocenters. The van der Waals surface area contributed by atoms with Gasteiger partial charge in [0.2, 0.25) is 0 Å². The Balaban J connectivity index is 1.93. The molecule has 21 heavy (non-hydrogen) atoms. The molecule has 6 nitrogen and oxygen atoms in total. The number of hydrogen-bond acceptors (Lipinski definition) is 5. The molecule has 0 radical (unpaired) electrons. The average Bonchev–Trinajstić information content (AvgIpc) is 2.81. The van der Waals surface area contributed by atoms with Crippen LogP contribution in [0.4, 0.5) is 0 Å². The summed E-state index contributed by atoms with van der Waals surface area (Å²) in [5, 5.41) is 18.9. The van der Waals surface area contributed by atoms with Gasteiger partial charge in [0.1, 0.15) is 4.88 Å². The molecule has 2 heterocycles. The fourth-order valence-corrected chi connectivity index (χ4v) is 3.60. The lowest BCUT2D eigenvalue weighted by Crippen LogP contribution is -2.38. The summed E-state index contributed by atoms with van der Waals surface area (Å²) in [7, 11) is 0. The summed E-state index contributed by atoms with van der Waals surface area (Å²) >= 11 is 1.24. The second kappa shape index (κ2) is 6.53. The number of carboxylic acid groups (broad SMARTS) is 2. The van der Waals surface area contributed by atoms with E-state index in [-0.39, 0.29) is 11.8 Å². The van der Waals surface area contributed by atoms with Gasteiger partial charge in [-0.15, -0.1) is 11.3 Å². The summed E-state index contributed by atoms with van der Waals surface area (Å²) in [6, 6.07) is 0. The summed E-state index contributed by atoms with van der Waals surface area (Å²) in [5.41, 5.74) is 0.568. The number of piperidine rings is 1. The second-order valence-electron chi connectivity index (χ2n) is 5.59. The second-order valence-corrected chi connectivity index (χ2v) is 6.62. The van der Waals surface area contributed by atoms with Crippen molar-refractivity contribution in [2.24, 2.45) is 5.92 Å². The molecule has 2 rings (SSSR count). The number of likely N-dealkylation sites (tertiary alicyclic amines) is 1.